The number of hydrogen-bond donors (Lipinski definition) is 0. The van der Waals surface area contributed by atoms with Crippen molar-refractivity contribution < 1.29 is 8.42 Å². The maximum Gasteiger partial charge on any atom is 0.244 e. The van der Waals surface area contributed by atoms with E-state index >= 15 is 0 Å². The molecule has 0 aliphatic rings. The first-order chi connectivity index (χ1) is 8.88. The molecular formula is C13H19BrClNO2S. The molecule has 0 aliphatic heterocycles. The molecule has 0 atom stereocenters. The summed E-state index contributed by atoms with van der Waals surface area (Å²) >= 11 is 9.08. The number of rotatable bonds is 6. The molecule has 0 heterocycles. The number of sulfonamides is 1. The fourth-order valence-electron chi connectivity index (χ4n) is 1.98. The molecule has 19 heavy (non-hydrogen) atoms. The fourth-order valence-corrected chi connectivity index (χ4v) is 4.63. The minimum absolute atomic E-state index is 0.0107. The maximum atomic E-state index is 12.6. The van der Waals surface area contributed by atoms with Gasteiger partial charge in [-0.3, -0.25) is 0 Å². The molecule has 1 aromatic carbocycles. The standard InChI is InChI=1S/C13H19BrClNO2S/c1-4-11(5-2)16(3)19(17,18)13-8-10(9-15)6-7-12(13)14/h6-8,11H,4-5,9H2,1-3H3. The zero-order valence-corrected chi connectivity index (χ0v) is 14.5. The summed E-state index contributed by atoms with van der Waals surface area (Å²) in [5.41, 5.74) is 0.793. The van der Waals surface area contributed by atoms with Crippen molar-refractivity contribution >= 4 is 37.6 Å². The van der Waals surface area contributed by atoms with Crippen molar-refractivity contribution in [2.75, 3.05) is 7.05 Å². The highest BCUT2D eigenvalue weighted by molar-refractivity contribution is 9.10. The predicted octanol–water partition coefficient (Wildman–Crippen LogP) is 4.00. The third kappa shape index (κ3) is 3.72. The molecule has 0 fully saturated rings. The Kier molecular flexibility index (Phi) is 6.30. The summed E-state index contributed by atoms with van der Waals surface area (Å²) in [7, 11) is -1.87. The highest BCUT2D eigenvalue weighted by Gasteiger charge is 2.27. The molecule has 6 heteroatoms. The molecule has 108 valence electrons. The second kappa shape index (κ2) is 7.07. The van der Waals surface area contributed by atoms with Crippen LogP contribution in [0.15, 0.2) is 27.6 Å². The lowest BCUT2D eigenvalue weighted by Crippen LogP contribution is -2.36. The van der Waals surface area contributed by atoms with E-state index in [4.69, 9.17) is 11.6 Å². The van der Waals surface area contributed by atoms with Crippen LogP contribution in [0.5, 0.6) is 0 Å². The van der Waals surface area contributed by atoms with Crippen LogP contribution in [-0.2, 0) is 15.9 Å². The SMILES string of the molecule is CCC(CC)N(C)S(=O)(=O)c1cc(CCl)ccc1Br. The molecule has 0 saturated heterocycles. The van der Waals surface area contributed by atoms with Crippen molar-refractivity contribution in [3.05, 3.63) is 28.2 Å². The monoisotopic (exact) mass is 367 g/mol. The third-order valence-corrected chi connectivity index (χ3v) is 6.48. The van der Waals surface area contributed by atoms with Gasteiger partial charge in [0.2, 0.25) is 10.0 Å². The van der Waals surface area contributed by atoms with Crippen LogP contribution in [0.3, 0.4) is 0 Å². The van der Waals surface area contributed by atoms with E-state index < -0.39 is 10.0 Å². The summed E-state index contributed by atoms with van der Waals surface area (Å²) in [6.07, 6.45) is 1.58. The van der Waals surface area contributed by atoms with Gasteiger partial charge in [0.05, 0.1) is 4.90 Å². The lowest BCUT2D eigenvalue weighted by molar-refractivity contribution is 0.349. The molecule has 0 amide bonds. The van der Waals surface area contributed by atoms with E-state index in [1.165, 1.54) is 4.31 Å². The summed E-state index contributed by atoms with van der Waals surface area (Å²) in [5.74, 6) is 0.296. The Morgan fingerprint density at radius 1 is 1.32 bits per heavy atom. The molecule has 1 rings (SSSR count). The van der Waals surface area contributed by atoms with Crippen LogP contribution in [0.2, 0.25) is 0 Å². The van der Waals surface area contributed by atoms with Crippen molar-refractivity contribution in [3.8, 4) is 0 Å². The summed E-state index contributed by atoms with van der Waals surface area (Å²) in [6, 6.07) is 5.18. The number of alkyl halides is 1. The second-order valence-corrected chi connectivity index (χ2v) is 7.48. The third-order valence-electron chi connectivity index (χ3n) is 3.26. The highest BCUT2D eigenvalue weighted by atomic mass is 79.9. The second-order valence-electron chi connectivity index (χ2n) is 4.39. The first-order valence-electron chi connectivity index (χ1n) is 6.20. The minimum Gasteiger partial charge on any atom is -0.207 e. The lowest BCUT2D eigenvalue weighted by Gasteiger charge is -2.26. The summed E-state index contributed by atoms with van der Waals surface area (Å²) in [4.78, 5) is 0.278. The Labute approximate surface area is 129 Å². The largest absolute Gasteiger partial charge is 0.244 e. The molecule has 0 radical (unpaired) electrons. The molecule has 0 aliphatic carbocycles. The summed E-state index contributed by atoms with van der Waals surface area (Å²) in [6.45, 7) is 3.98. The van der Waals surface area contributed by atoms with Gasteiger partial charge in [-0.1, -0.05) is 19.9 Å². The normalized spacial score (nSPS) is 12.4. The molecule has 0 unspecified atom stereocenters. The maximum absolute atomic E-state index is 12.6. The molecule has 0 aromatic heterocycles. The molecule has 0 spiro atoms. The number of halogens is 2. The van der Waals surface area contributed by atoms with Crippen LogP contribution in [0.4, 0.5) is 0 Å². The van der Waals surface area contributed by atoms with Gasteiger partial charge in [0.15, 0.2) is 0 Å². The smallest absolute Gasteiger partial charge is 0.207 e. The Balaban J connectivity index is 3.26. The molecule has 1 aromatic rings. The number of nitrogens with zero attached hydrogens (tertiary/aromatic N) is 1. The van der Waals surface area contributed by atoms with Crippen molar-refractivity contribution in [1.29, 1.82) is 0 Å². The van der Waals surface area contributed by atoms with E-state index in [9.17, 15) is 8.42 Å². The zero-order valence-electron chi connectivity index (χ0n) is 11.4. The summed E-state index contributed by atoms with van der Waals surface area (Å²) in [5, 5.41) is 0. The van der Waals surface area contributed by atoms with E-state index in [2.05, 4.69) is 15.9 Å². The number of benzene rings is 1. The van der Waals surface area contributed by atoms with Crippen molar-refractivity contribution in [2.24, 2.45) is 0 Å². The van der Waals surface area contributed by atoms with Gasteiger partial charge >= 0.3 is 0 Å². The topological polar surface area (TPSA) is 37.4 Å². The lowest BCUT2D eigenvalue weighted by atomic mass is 10.2. The van der Waals surface area contributed by atoms with E-state index in [1.807, 2.05) is 19.9 Å². The van der Waals surface area contributed by atoms with Gasteiger partial charge < -0.3 is 0 Å². The van der Waals surface area contributed by atoms with E-state index in [0.717, 1.165) is 18.4 Å². The first-order valence-corrected chi connectivity index (χ1v) is 8.97. The highest BCUT2D eigenvalue weighted by Crippen LogP contribution is 2.28. The van der Waals surface area contributed by atoms with Gasteiger partial charge in [-0.25, -0.2) is 8.42 Å². The van der Waals surface area contributed by atoms with Gasteiger partial charge in [-0.05, 0) is 46.5 Å². The molecule has 3 nitrogen and oxygen atoms in total. The Bertz CT molecular complexity index is 529. The average molecular weight is 369 g/mol. The van der Waals surface area contributed by atoms with Gasteiger partial charge in [0, 0.05) is 23.4 Å². The Hall–Kier alpha value is -0.100. The Morgan fingerprint density at radius 3 is 2.37 bits per heavy atom. The fraction of sp³-hybridized carbons (Fsp3) is 0.538. The quantitative estimate of drug-likeness (QED) is 0.712. The predicted molar refractivity (Wildman–Crippen MR) is 83.0 cm³/mol. The van der Waals surface area contributed by atoms with Crippen LogP contribution < -0.4 is 0 Å². The summed E-state index contributed by atoms with van der Waals surface area (Å²) < 4.78 is 27.3. The van der Waals surface area contributed by atoms with Crippen LogP contribution in [-0.4, -0.2) is 25.8 Å². The molecular weight excluding hydrogens is 350 g/mol. The minimum atomic E-state index is -3.50. The van der Waals surface area contributed by atoms with Gasteiger partial charge in [-0.2, -0.15) is 4.31 Å². The van der Waals surface area contributed by atoms with Crippen molar-refractivity contribution in [2.45, 2.75) is 43.5 Å². The van der Waals surface area contributed by atoms with Gasteiger partial charge in [-0.15, -0.1) is 11.6 Å². The molecule has 0 bridgehead atoms. The first kappa shape index (κ1) is 17.0. The van der Waals surface area contributed by atoms with Crippen molar-refractivity contribution in [3.63, 3.8) is 0 Å². The van der Waals surface area contributed by atoms with E-state index in [-0.39, 0.29) is 10.9 Å². The van der Waals surface area contributed by atoms with Crippen molar-refractivity contribution in [1.82, 2.24) is 4.31 Å². The van der Waals surface area contributed by atoms with Gasteiger partial charge in [0.1, 0.15) is 0 Å². The average Bonchev–Trinajstić information content (AvgIpc) is 2.40. The van der Waals surface area contributed by atoms with Gasteiger partial charge in [0.25, 0.3) is 0 Å². The van der Waals surface area contributed by atoms with Crippen LogP contribution in [0.25, 0.3) is 0 Å². The Morgan fingerprint density at radius 2 is 1.89 bits per heavy atom. The van der Waals surface area contributed by atoms with Crippen LogP contribution in [0.1, 0.15) is 32.3 Å². The van der Waals surface area contributed by atoms with Crippen LogP contribution >= 0.6 is 27.5 Å². The zero-order chi connectivity index (χ0) is 14.6. The molecule has 0 saturated carbocycles. The number of hydrogen-bond acceptors (Lipinski definition) is 2. The van der Waals surface area contributed by atoms with Crippen LogP contribution in [0, 0.1) is 0 Å². The van der Waals surface area contributed by atoms with E-state index in [1.54, 1.807) is 19.2 Å². The van der Waals surface area contributed by atoms with E-state index in [0.29, 0.717) is 10.4 Å². The molecule has 0 N–H and O–H groups in total.